The first-order valence-corrected chi connectivity index (χ1v) is 7.28. The number of carbonyl (C=O) groups is 1. The molecule has 18 heavy (non-hydrogen) atoms. The molecule has 0 aliphatic heterocycles. The number of rotatable bonds is 3. The molecule has 0 fully saturated rings. The Morgan fingerprint density at radius 3 is 2.61 bits per heavy atom. The third kappa shape index (κ3) is 2.48. The van der Waals surface area contributed by atoms with Gasteiger partial charge in [-0.25, -0.2) is 8.42 Å². The van der Waals surface area contributed by atoms with E-state index in [0.717, 1.165) is 6.26 Å². The fourth-order valence-corrected chi connectivity index (χ4v) is 2.65. The Hall–Kier alpha value is -1.95. The molecular weight excluding hydrogens is 252 g/mol. The van der Waals surface area contributed by atoms with Gasteiger partial charge in [0.2, 0.25) is 5.91 Å². The predicted molar refractivity (Wildman–Crippen MR) is 68.8 cm³/mol. The first-order chi connectivity index (χ1) is 8.38. The zero-order valence-corrected chi connectivity index (χ0v) is 10.6. The third-order valence-electron chi connectivity index (χ3n) is 2.52. The maximum Gasteiger partial charge on any atom is 0.249 e. The van der Waals surface area contributed by atoms with Crippen LogP contribution in [0, 0.1) is 0 Å². The van der Waals surface area contributed by atoms with E-state index < -0.39 is 15.7 Å². The Morgan fingerprint density at radius 2 is 2.00 bits per heavy atom. The summed E-state index contributed by atoms with van der Waals surface area (Å²) in [5.74, 6) is -0.893. The number of primary amides is 1. The molecule has 0 spiro atoms. The van der Waals surface area contributed by atoms with Crippen molar-refractivity contribution < 1.29 is 13.2 Å². The molecule has 1 aromatic heterocycles. The lowest BCUT2D eigenvalue weighted by atomic mass is 10.0. The normalized spacial score (nSPS) is 11.6. The van der Waals surface area contributed by atoms with Crippen LogP contribution in [0.1, 0.15) is 15.9 Å². The van der Waals surface area contributed by atoms with E-state index >= 15 is 0 Å². The van der Waals surface area contributed by atoms with Crippen LogP contribution >= 0.6 is 0 Å². The second-order valence-corrected chi connectivity index (χ2v) is 6.25. The van der Waals surface area contributed by atoms with Gasteiger partial charge >= 0.3 is 0 Å². The molecule has 0 aliphatic rings. The van der Waals surface area contributed by atoms with Crippen molar-refractivity contribution in [1.82, 2.24) is 4.98 Å². The van der Waals surface area contributed by atoms with E-state index in [0.29, 0.717) is 16.5 Å². The first kappa shape index (κ1) is 12.5. The minimum Gasteiger partial charge on any atom is -0.366 e. The van der Waals surface area contributed by atoms with Gasteiger partial charge in [0.15, 0.2) is 9.84 Å². The van der Waals surface area contributed by atoms with Crippen molar-refractivity contribution >= 4 is 26.6 Å². The predicted octanol–water partition coefficient (Wildman–Crippen LogP) is 0.878. The van der Waals surface area contributed by atoms with E-state index in [9.17, 15) is 13.2 Å². The van der Waals surface area contributed by atoms with E-state index in [-0.39, 0.29) is 11.3 Å². The number of hydrogen-bond donors (Lipinski definition) is 1. The molecule has 2 rings (SSSR count). The highest BCUT2D eigenvalue weighted by Gasteiger charge is 2.16. The number of fused-ring (bicyclic) bond motifs is 1. The van der Waals surface area contributed by atoms with Crippen molar-refractivity contribution in [2.45, 2.75) is 5.75 Å². The highest BCUT2D eigenvalue weighted by atomic mass is 32.2. The number of pyridine rings is 1. The molecule has 2 aromatic rings. The van der Waals surface area contributed by atoms with Gasteiger partial charge in [-0.05, 0) is 11.6 Å². The number of aromatic nitrogens is 1. The van der Waals surface area contributed by atoms with Gasteiger partial charge in [-0.3, -0.25) is 9.78 Å². The monoisotopic (exact) mass is 264 g/mol. The molecule has 0 saturated heterocycles. The molecule has 0 radical (unpaired) electrons. The smallest absolute Gasteiger partial charge is 0.249 e. The van der Waals surface area contributed by atoms with Crippen LogP contribution in [0.5, 0.6) is 0 Å². The van der Waals surface area contributed by atoms with Gasteiger partial charge in [-0.1, -0.05) is 18.2 Å². The summed E-state index contributed by atoms with van der Waals surface area (Å²) in [4.78, 5) is 15.7. The van der Waals surface area contributed by atoms with Gasteiger partial charge in [0.1, 0.15) is 0 Å². The molecule has 1 heterocycles. The summed E-state index contributed by atoms with van der Waals surface area (Å²) in [7, 11) is -3.25. The second-order valence-electron chi connectivity index (χ2n) is 4.11. The number of hydrogen-bond acceptors (Lipinski definition) is 4. The highest BCUT2D eigenvalue weighted by molar-refractivity contribution is 7.89. The van der Waals surface area contributed by atoms with Crippen molar-refractivity contribution in [2.75, 3.05) is 6.26 Å². The van der Waals surface area contributed by atoms with Crippen molar-refractivity contribution in [1.29, 1.82) is 0 Å². The standard InChI is InChI=1S/C12H12N2O3S/c1-18(16,17)7-8-6-14-10-5-3-2-4-9(10)11(8)12(13)15/h2-6H,7H2,1H3,(H2,13,15). The Labute approximate surface area is 105 Å². The maximum absolute atomic E-state index is 11.5. The number of nitrogens with zero attached hydrogens (tertiary/aromatic N) is 1. The van der Waals surface area contributed by atoms with Crippen LogP contribution < -0.4 is 5.73 Å². The molecule has 0 bridgehead atoms. The van der Waals surface area contributed by atoms with Crippen molar-refractivity contribution in [3.63, 3.8) is 0 Å². The lowest BCUT2D eigenvalue weighted by Gasteiger charge is -2.08. The van der Waals surface area contributed by atoms with E-state index in [4.69, 9.17) is 5.73 Å². The summed E-state index contributed by atoms with van der Waals surface area (Å²) in [5, 5.41) is 0.575. The number of amides is 1. The van der Waals surface area contributed by atoms with E-state index in [1.807, 2.05) is 0 Å². The molecule has 0 atom stereocenters. The summed E-state index contributed by atoms with van der Waals surface area (Å²) >= 11 is 0. The van der Waals surface area contributed by atoms with Gasteiger partial charge in [-0.15, -0.1) is 0 Å². The summed E-state index contributed by atoms with van der Waals surface area (Å²) in [6.07, 6.45) is 2.50. The van der Waals surface area contributed by atoms with Gasteiger partial charge in [0.05, 0.1) is 16.8 Å². The summed E-state index contributed by atoms with van der Waals surface area (Å²) in [6.45, 7) is 0. The largest absolute Gasteiger partial charge is 0.366 e. The minimum atomic E-state index is -3.25. The molecule has 5 nitrogen and oxygen atoms in total. The Morgan fingerprint density at radius 1 is 1.33 bits per heavy atom. The topological polar surface area (TPSA) is 90.1 Å². The summed E-state index contributed by atoms with van der Waals surface area (Å²) < 4.78 is 22.7. The number of nitrogens with two attached hydrogens (primary N) is 1. The van der Waals surface area contributed by atoms with Gasteiger partial charge in [0.25, 0.3) is 0 Å². The summed E-state index contributed by atoms with van der Waals surface area (Å²) in [6, 6.07) is 6.98. The van der Waals surface area contributed by atoms with Crippen LogP contribution in [-0.2, 0) is 15.6 Å². The van der Waals surface area contributed by atoms with Crippen LogP contribution in [0.4, 0.5) is 0 Å². The molecule has 94 valence electrons. The fourth-order valence-electron chi connectivity index (χ4n) is 1.87. The van der Waals surface area contributed by atoms with E-state index in [1.165, 1.54) is 6.20 Å². The average molecular weight is 264 g/mol. The Balaban J connectivity index is 2.75. The van der Waals surface area contributed by atoms with E-state index in [1.54, 1.807) is 24.3 Å². The van der Waals surface area contributed by atoms with Crippen molar-refractivity contribution in [3.05, 3.63) is 41.6 Å². The summed E-state index contributed by atoms with van der Waals surface area (Å²) in [5.41, 5.74) is 6.52. The lowest BCUT2D eigenvalue weighted by molar-refractivity contribution is 0.100. The zero-order chi connectivity index (χ0) is 13.3. The average Bonchev–Trinajstić information content (AvgIpc) is 2.26. The number of para-hydroxylation sites is 1. The molecule has 0 saturated carbocycles. The zero-order valence-electron chi connectivity index (χ0n) is 9.75. The third-order valence-corrected chi connectivity index (χ3v) is 3.35. The molecular formula is C12H12N2O3S. The van der Waals surface area contributed by atoms with Crippen LogP contribution in [0.2, 0.25) is 0 Å². The van der Waals surface area contributed by atoms with Crippen LogP contribution in [-0.4, -0.2) is 25.6 Å². The molecule has 2 N–H and O–H groups in total. The van der Waals surface area contributed by atoms with Gasteiger partial charge < -0.3 is 5.73 Å². The van der Waals surface area contributed by atoms with Crippen LogP contribution in [0.15, 0.2) is 30.5 Å². The number of sulfone groups is 1. The minimum absolute atomic E-state index is 0.228. The molecule has 1 aromatic carbocycles. The molecule has 0 aliphatic carbocycles. The van der Waals surface area contributed by atoms with Crippen molar-refractivity contribution in [3.8, 4) is 0 Å². The van der Waals surface area contributed by atoms with Crippen LogP contribution in [0.25, 0.3) is 10.9 Å². The highest BCUT2D eigenvalue weighted by Crippen LogP contribution is 2.21. The quantitative estimate of drug-likeness (QED) is 0.891. The SMILES string of the molecule is CS(=O)(=O)Cc1cnc2ccccc2c1C(N)=O. The molecule has 1 amide bonds. The number of carbonyl (C=O) groups excluding carboxylic acids is 1. The fraction of sp³-hybridized carbons (Fsp3) is 0.167. The maximum atomic E-state index is 11.5. The second kappa shape index (κ2) is 4.38. The Bertz CT molecular complexity index is 723. The van der Waals surface area contributed by atoms with Gasteiger partial charge in [-0.2, -0.15) is 0 Å². The molecule has 6 heteroatoms. The van der Waals surface area contributed by atoms with Crippen LogP contribution in [0.3, 0.4) is 0 Å². The van der Waals surface area contributed by atoms with Gasteiger partial charge in [0, 0.05) is 17.8 Å². The first-order valence-electron chi connectivity index (χ1n) is 5.22. The Kier molecular flexibility index (Phi) is 3.04. The van der Waals surface area contributed by atoms with E-state index in [2.05, 4.69) is 4.98 Å². The molecule has 0 unspecified atom stereocenters. The number of benzene rings is 1. The van der Waals surface area contributed by atoms with Crippen molar-refractivity contribution in [2.24, 2.45) is 5.73 Å². The lowest BCUT2D eigenvalue weighted by Crippen LogP contribution is -2.16.